The molecule has 0 aromatic carbocycles. The van der Waals surface area contributed by atoms with Crippen molar-refractivity contribution in [2.24, 2.45) is 0 Å². The van der Waals surface area contributed by atoms with Crippen molar-refractivity contribution in [2.75, 3.05) is 6.54 Å². The zero-order valence-corrected chi connectivity index (χ0v) is 12.9. The second-order valence-corrected chi connectivity index (χ2v) is 5.24. The lowest BCUT2D eigenvalue weighted by Crippen LogP contribution is -2.23. The van der Waals surface area contributed by atoms with Gasteiger partial charge in [-0.3, -0.25) is 9.59 Å². The van der Waals surface area contributed by atoms with E-state index in [1.54, 1.807) is 6.07 Å². The number of carboxylic acids is 1. The lowest BCUT2D eigenvalue weighted by Gasteiger charge is -2.03. The molecule has 0 bridgehead atoms. The Bertz CT molecular complexity index is 465. The first-order chi connectivity index (χ1) is 10.0. The number of aryl methyl sites for hydroxylation is 2. The second-order valence-electron chi connectivity index (χ2n) is 5.24. The normalized spacial score (nSPS) is 10.6. The lowest BCUT2D eigenvalue weighted by atomic mass is 10.1. The van der Waals surface area contributed by atoms with Gasteiger partial charge in [0.15, 0.2) is 5.76 Å². The van der Waals surface area contributed by atoms with Crippen molar-refractivity contribution in [1.29, 1.82) is 0 Å². The summed E-state index contributed by atoms with van der Waals surface area (Å²) < 4.78 is 5.49. The Labute approximate surface area is 125 Å². The van der Waals surface area contributed by atoms with Crippen LogP contribution in [-0.2, 0) is 11.2 Å². The summed E-state index contributed by atoms with van der Waals surface area (Å²) in [5.41, 5.74) is 1.01. The molecule has 0 saturated carbocycles. The lowest BCUT2D eigenvalue weighted by molar-refractivity contribution is -0.137. The fraction of sp³-hybridized carbons (Fsp3) is 0.625. The number of carbonyl (C=O) groups is 2. The Hall–Kier alpha value is -1.78. The van der Waals surface area contributed by atoms with Gasteiger partial charge in [0.25, 0.3) is 5.91 Å². The summed E-state index contributed by atoms with van der Waals surface area (Å²) in [6.45, 7) is 4.56. The van der Waals surface area contributed by atoms with Crippen LogP contribution in [0.25, 0.3) is 0 Å². The molecule has 0 aliphatic rings. The predicted octanol–water partition coefficient (Wildman–Crippen LogP) is 3.31. The highest BCUT2D eigenvalue weighted by Crippen LogP contribution is 2.15. The van der Waals surface area contributed by atoms with Crippen LogP contribution in [0.2, 0.25) is 0 Å². The van der Waals surface area contributed by atoms with E-state index in [-0.39, 0.29) is 12.3 Å². The number of furan rings is 1. The van der Waals surface area contributed by atoms with Crippen LogP contribution in [0.15, 0.2) is 10.5 Å². The van der Waals surface area contributed by atoms with Crippen molar-refractivity contribution in [1.82, 2.24) is 5.32 Å². The molecule has 0 radical (unpaired) electrons. The number of unbranched alkanes of at least 4 members (excludes halogenated alkanes) is 4. The van der Waals surface area contributed by atoms with Crippen LogP contribution in [0.5, 0.6) is 0 Å². The Morgan fingerprint density at radius 1 is 1.19 bits per heavy atom. The largest absolute Gasteiger partial charge is 0.481 e. The fourth-order valence-electron chi connectivity index (χ4n) is 2.20. The smallest absolute Gasteiger partial charge is 0.303 e. The minimum Gasteiger partial charge on any atom is -0.481 e. The number of carbonyl (C=O) groups excluding carboxylic acids is 1. The topological polar surface area (TPSA) is 79.5 Å². The summed E-state index contributed by atoms with van der Waals surface area (Å²) in [7, 11) is 0. The maximum Gasteiger partial charge on any atom is 0.303 e. The highest BCUT2D eigenvalue weighted by molar-refractivity contribution is 5.91. The second kappa shape index (κ2) is 9.21. The predicted molar refractivity (Wildman–Crippen MR) is 80.5 cm³/mol. The van der Waals surface area contributed by atoms with Gasteiger partial charge in [0.05, 0.1) is 0 Å². The zero-order chi connectivity index (χ0) is 15.7. The minimum atomic E-state index is -0.734. The van der Waals surface area contributed by atoms with E-state index in [4.69, 9.17) is 9.52 Å². The highest BCUT2D eigenvalue weighted by Gasteiger charge is 2.12. The van der Waals surface area contributed by atoms with Crippen molar-refractivity contribution >= 4 is 11.9 Å². The summed E-state index contributed by atoms with van der Waals surface area (Å²) in [5, 5.41) is 11.4. The fourth-order valence-corrected chi connectivity index (χ4v) is 2.20. The van der Waals surface area contributed by atoms with Gasteiger partial charge in [0.1, 0.15) is 5.76 Å². The van der Waals surface area contributed by atoms with E-state index < -0.39 is 5.97 Å². The monoisotopic (exact) mass is 295 g/mol. The van der Waals surface area contributed by atoms with Crippen LogP contribution >= 0.6 is 0 Å². The molecule has 2 N–H and O–H groups in total. The molecule has 118 valence electrons. The van der Waals surface area contributed by atoms with Gasteiger partial charge in [-0.2, -0.15) is 0 Å². The van der Waals surface area contributed by atoms with Crippen LogP contribution in [0, 0.1) is 6.92 Å². The number of hydrogen-bond acceptors (Lipinski definition) is 3. The van der Waals surface area contributed by atoms with Crippen molar-refractivity contribution in [3.05, 3.63) is 23.2 Å². The molecule has 1 rings (SSSR count). The third-order valence-electron chi connectivity index (χ3n) is 3.42. The van der Waals surface area contributed by atoms with Crippen molar-refractivity contribution in [2.45, 2.75) is 58.8 Å². The van der Waals surface area contributed by atoms with Crippen LogP contribution in [0.1, 0.15) is 67.3 Å². The molecule has 0 spiro atoms. The van der Waals surface area contributed by atoms with Crippen LogP contribution < -0.4 is 5.32 Å². The summed E-state index contributed by atoms with van der Waals surface area (Å²) in [5.74, 6) is 0.343. The summed E-state index contributed by atoms with van der Waals surface area (Å²) in [6.07, 6.45) is 5.59. The molecule has 5 heteroatoms. The van der Waals surface area contributed by atoms with E-state index in [1.165, 1.54) is 0 Å². The Balaban J connectivity index is 2.12. The summed E-state index contributed by atoms with van der Waals surface area (Å²) in [4.78, 5) is 22.2. The minimum absolute atomic E-state index is 0.163. The van der Waals surface area contributed by atoms with Gasteiger partial charge < -0.3 is 14.8 Å². The molecule has 0 aliphatic carbocycles. The number of rotatable bonds is 10. The van der Waals surface area contributed by atoms with E-state index in [1.807, 2.05) is 13.8 Å². The molecule has 0 atom stereocenters. The molecule has 0 fully saturated rings. The average Bonchev–Trinajstić information content (AvgIpc) is 2.82. The van der Waals surface area contributed by atoms with Gasteiger partial charge in [-0.25, -0.2) is 0 Å². The third kappa shape index (κ3) is 6.47. The molecule has 1 heterocycles. The molecule has 0 unspecified atom stereocenters. The molecule has 5 nitrogen and oxygen atoms in total. The summed E-state index contributed by atoms with van der Waals surface area (Å²) in [6, 6.07) is 1.78. The highest BCUT2D eigenvalue weighted by atomic mass is 16.4. The molecular weight excluding hydrogens is 270 g/mol. The van der Waals surface area contributed by atoms with E-state index in [0.29, 0.717) is 12.3 Å². The van der Waals surface area contributed by atoms with Crippen molar-refractivity contribution < 1.29 is 19.1 Å². The number of hydrogen-bond donors (Lipinski definition) is 2. The first-order valence-electron chi connectivity index (χ1n) is 7.64. The van der Waals surface area contributed by atoms with Gasteiger partial charge in [-0.15, -0.1) is 0 Å². The Morgan fingerprint density at radius 2 is 1.86 bits per heavy atom. The van der Waals surface area contributed by atoms with Gasteiger partial charge in [0.2, 0.25) is 0 Å². The van der Waals surface area contributed by atoms with E-state index in [2.05, 4.69) is 5.32 Å². The van der Waals surface area contributed by atoms with Gasteiger partial charge >= 0.3 is 5.97 Å². The van der Waals surface area contributed by atoms with Crippen LogP contribution in [0.4, 0.5) is 0 Å². The third-order valence-corrected chi connectivity index (χ3v) is 3.42. The summed E-state index contributed by atoms with van der Waals surface area (Å²) >= 11 is 0. The van der Waals surface area contributed by atoms with E-state index >= 15 is 0 Å². The number of nitrogens with one attached hydrogen (secondary N) is 1. The Kier molecular flexibility index (Phi) is 7.58. The van der Waals surface area contributed by atoms with Crippen LogP contribution in [-0.4, -0.2) is 23.5 Å². The molecule has 0 aliphatic heterocycles. The SMILES string of the molecule is CCc1oc(C(=O)NCCCCCCCC(=O)O)cc1C. The number of aliphatic carboxylic acids is 1. The molecular formula is C16H25NO4. The van der Waals surface area contributed by atoms with Crippen molar-refractivity contribution in [3.8, 4) is 0 Å². The maximum atomic E-state index is 11.9. The maximum absolute atomic E-state index is 11.9. The van der Waals surface area contributed by atoms with Crippen LogP contribution in [0.3, 0.4) is 0 Å². The quantitative estimate of drug-likeness (QED) is 0.649. The Morgan fingerprint density at radius 3 is 2.48 bits per heavy atom. The first kappa shape index (κ1) is 17.3. The molecule has 21 heavy (non-hydrogen) atoms. The average molecular weight is 295 g/mol. The standard InChI is InChI=1S/C16H25NO4/c1-3-13-12(2)11-14(21-13)16(20)17-10-8-6-4-5-7-9-15(18)19/h11H,3-10H2,1-2H3,(H,17,20)(H,18,19). The van der Waals surface area contributed by atoms with E-state index in [0.717, 1.165) is 49.8 Å². The first-order valence-corrected chi connectivity index (χ1v) is 7.64. The molecule has 1 aromatic rings. The zero-order valence-electron chi connectivity index (χ0n) is 12.9. The van der Waals surface area contributed by atoms with Gasteiger partial charge in [0, 0.05) is 19.4 Å². The number of carboxylic acid groups (broad SMARTS) is 1. The van der Waals surface area contributed by atoms with Gasteiger partial charge in [-0.05, 0) is 31.4 Å². The van der Waals surface area contributed by atoms with Gasteiger partial charge in [-0.1, -0.05) is 26.2 Å². The van der Waals surface area contributed by atoms with Crippen molar-refractivity contribution in [3.63, 3.8) is 0 Å². The molecule has 0 saturated heterocycles. The molecule has 1 amide bonds. The molecule has 1 aromatic heterocycles. The van der Waals surface area contributed by atoms with E-state index in [9.17, 15) is 9.59 Å². The number of amides is 1.